The van der Waals surface area contributed by atoms with Crippen molar-refractivity contribution in [1.82, 2.24) is 15.1 Å². The van der Waals surface area contributed by atoms with Crippen LogP contribution in [0.5, 0.6) is 0 Å². The summed E-state index contributed by atoms with van der Waals surface area (Å²) >= 11 is 0. The van der Waals surface area contributed by atoms with E-state index in [0.29, 0.717) is 19.6 Å². The van der Waals surface area contributed by atoms with Gasteiger partial charge in [-0.1, -0.05) is 19.8 Å². The molecule has 0 saturated heterocycles. The van der Waals surface area contributed by atoms with Crippen molar-refractivity contribution in [3.63, 3.8) is 0 Å². The Hall–Kier alpha value is -1.63. The van der Waals surface area contributed by atoms with Crippen LogP contribution in [-0.2, 0) is 14.4 Å². The average molecular weight is 315 g/mol. The molecule has 0 bridgehead atoms. The number of nitrogens with one attached hydrogen (secondary N) is 1. The quantitative estimate of drug-likeness (QED) is 0.438. The molecule has 0 aromatic rings. The number of carbonyl (C=O) groups excluding carboxylic acids is 3. The van der Waals surface area contributed by atoms with Gasteiger partial charge in [0.1, 0.15) is 0 Å². The highest BCUT2D eigenvalue weighted by Gasteiger charge is 2.22. The average Bonchev–Trinajstić information content (AvgIpc) is 2.52. The summed E-state index contributed by atoms with van der Waals surface area (Å²) in [6, 6.07) is 0. The predicted octanol–water partition coefficient (Wildman–Crippen LogP) is -0.0179. The number of unbranched alkanes of at least 4 members (excludes halogenated alkanes) is 2. The predicted molar refractivity (Wildman–Crippen MR) is 84.1 cm³/mol. The monoisotopic (exact) mass is 315 g/mol. The number of amides is 3. The Morgan fingerprint density at radius 3 is 2.09 bits per heavy atom. The molecule has 0 radical (unpaired) electrons. The van der Waals surface area contributed by atoms with Crippen LogP contribution >= 0.6 is 0 Å². The van der Waals surface area contributed by atoms with Crippen molar-refractivity contribution in [2.45, 2.75) is 40.0 Å². The molecule has 0 saturated carbocycles. The zero-order valence-corrected chi connectivity index (χ0v) is 13.9. The molecule has 0 aliphatic rings. The van der Waals surface area contributed by atoms with E-state index in [1.54, 1.807) is 4.90 Å². The highest BCUT2D eigenvalue weighted by molar-refractivity contribution is 6.35. The lowest BCUT2D eigenvalue weighted by atomic mass is 10.2. The van der Waals surface area contributed by atoms with E-state index in [9.17, 15) is 14.4 Å². The maximum Gasteiger partial charge on any atom is 0.311 e. The van der Waals surface area contributed by atoms with Crippen LogP contribution in [0.4, 0.5) is 0 Å². The van der Waals surface area contributed by atoms with Crippen LogP contribution in [0.15, 0.2) is 0 Å². The number of nitrogens with zero attached hydrogens (tertiary/aromatic N) is 2. The maximum atomic E-state index is 12.0. The summed E-state index contributed by atoms with van der Waals surface area (Å²) in [6.45, 7) is 7.06. The summed E-state index contributed by atoms with van der Waals surface area (Å²) in [5, 5.41) is 11.3. The zero-order chi connectivity index (χ0) is 17.0. The first-order valence-electron chi connectivity index (χ1n) is 7.97. The SMILES string of the molecule is CCCCCN(CCO)C(=O)C(=O)NCC(=O)N(CC)CC. The second kappa shape index (κ2) is 12.0. The molecule has 0 aromatic carbocycles. The lowest BCUT2D eigenvalue weighted by molar-refractivity contribution is -0.146. The third-order valence-corrected chi connectivity index (χ3v) is 3.40. The standard InChI is InChI=1S/C15H29N3O4/c1-4-7-8-9-18(10-11-19)15(22)14(21)16-12-13(20)17(5-2)6-3/h19H,4-12H2,1-3H3,(H,16,21). The van der Waals surface area contributed by atoms with E-state index in [-0.39, 0.29) is 25.6 Å². The molecular weight excluding hydrogens is 286 g/mol. The van der Waals surface area contributed by atoms with E-state index in [2.05, 4.69) is 5.32 Å². The van der Waals surface area contributed by atoms with Crippen LogP contribution in [0.3, 0.4) is 0 Å². The first-order valence-corrected chi connectivity index (χ1v) is 7.97. The van der Waals surface area contributed by atoms with Gasteiger partial charge in [0.25, 0.3) is 0 Å². The molecule has 7 nitrogen and oxygen atoms in total. The summed E-state index contributed by atoms with van der Waals surface area (Å²) in [5.41, 5.74) is 0. The molecule has 3 amide bonds. The minimum absolute atomic E-state index is 0.125. The van der Waals surface area contributed by atoms with Gasteiger partial charge in [-0.25, -0.2) is 0 Å². The molecular formula is C15H29N3O4. The van der Waals surface area contributed by atoms with Crippen LogP contribution in [0.1, 0.15) is 40.0 Å². The van der Waals surface area contributed by atoms with Gasteiger partial charge in [0.15, 0.2) is 0 Å². The minimum Gasteiger partial charge on any atom is -0.395 e. The molecule has 0 aliphatic heterocycles. The third kappa shape index (κ3) is 7.40. The fourth-order valence-electron chi connectivity index (χ4n) is 2.05. The molecule has 0 atom stereocenters. The molecule has 0 fully saturated rings. The topological polar surface area (TPSA) is 90.0 Å². The Morgan fingerprint density at radius 1 is 0.955 bits per heavy atom. The zero-order valence-electron chi connectivity index (χ0n) is 13.9. The molecule has 0 rings (SSSR count). The Labute approximate surface area is 132 Å². The molecule has 0 aliphatic carbocycles. The van der Waals surface area contributed by atoms with Crippen LogP contribution in [0.25, 0.3) is 0 Å². The second-order valence-corrected chi connectivity index (χ2v) is 4.97. The fourth-order valence-corrected chi connectivity index (χ4v) is 2.05. The van der Waals surface area contributed by atoms with E-state index in [1.807, 2.05) is 20.8 Å². The summed E-state index contributed by atoms with van der Waals surface area (Å²) in [4.78, 5) is 38.6. The Morgan fingerprint density at radius 2 is 1.59 bits per heavy atom. The van der Waals surface area contributed by atoms with E-state index in [1.165, 1.54) is 4.90 Å². The highest BCUT2D eigenvalue weighted by Crippen LogP contribution is 1.99. The van der Waals surface area contributed by atoms with E-state index in [0.717, 1.165) is 19.3 Å². The number of hydrogen-bond acceptors (Lipinski definition) is 4. The molecule has 128 valence electrons. The minimum atomic E-state index is -0.801. The largest absolute Gasteiger partial charge is 0.395 e. The summed E-state index contributed by atoms with van der Waals surface area (Å²) in [5.74, 6) is -1.71. The van der Waals surface area contributed by atoms with Crippen molar-refractivity contribution >= 4 is 17.7 Å². The normalized spacial score (nSPS) is 10.2. The van der Waals surface area contributed by atoms with Gasteiger partial charge in [0, 0.05) is 26.2 Å². The third-order valence-electron chi connectivity index (χ3n) is 3.40. The van der Waals surface area contributed by atoms with E-state index >= 15 is 0 Å². The molecule has 2 N–H and O–H groups in total. The van der Waals surface area contributed by atoms with Crippen molar-refractivity contribution < 1.29 is 19.5 Å². The second-order valence-electron chi connectivity index (χ2n) is 4.97. The Balaban J connectivity index is 4.41. The van der Waals surface area contributed by atoms with Gasteiger partial charge in [0.2, 0.25) is 5.91 Å². The lowest BCUT2D eigenvalue weighted by Crippen LogP contribution is -2.47. The summed E-state index contributed by atoms with van der Waals surface area (Å²) < 4.78 is 0. The van der Waals surface area contributed by atoms with Gasteiger partial charge in [-0.05, 0) is 20.3 Å². The molecule has 22 heavy (non-hydrogen) atoms. The number of aliphatic hydroxyl groups excluding tert-OH is 1. The van der Waals surface area contributed by atoms with E-state index in [4.69, 9.17) is 5.11 Å². The Bertz CT molecular complexity index is 357. The first-order chi connectivity index (χ1) is 10.5. The van der Waals surface area contributed by atoms with Gasteiger partial charge in [0.05, 0.1) is 13.2 Å². The van der Waals surface area contributed by atoms with Crippen LogP contribution in [0, 0.1) is 0 Å². The fraction of sp³-hybridized carbons (Fsp3) is 0.800. The van der Waals surface area contributed by atoms with Crippen molar-refractivity contribution in [2.24, 2.45) is 0 Å². The number of rotatable bonds is 10. The first kappa shape index (κ1) is 20.4. The van der Waals surface area contributed by atoms with Crippen molar-refractivity contribution in [2.75, 3.05) is 39.3 Å². The molecule has 0 heterocycles. The smallest absolute Gasteiger partial charge is 0.311 e. The Kier molecular flexibility index (Phi) is 11.1. The lowest BCUT2D eigenvalue weighted by Gasteiger charge is -2.22. The summed E-state index contributed by atoms with van der Waals surface area (Å²) in [7, 11) is 0. The molecule has 7 heteroatoms. The van der Waals surface area contributed by atoms with Crippen molar-refractivity contribution in [3.8, 4) is 0 Å². The summed E-state index contributed by atoms with van der Waals surface area (Å²) in [6.07, 6.45) is 2.75. The van der Waals surface area contributed by atoms with Gasteiger partial charge in [-0.3, -0.25) is 14.4 Å². The highest BCUT2D eigenvalue weighted by atomic mass is 16.3. The number of aliphatic hydroxyl groups is 1. The molecule has 0 aromatic heterocycles. The van der Waals surface area contributed by atoms with Crippen molar-refractivity contribution in [3.05, 3.63) is 0 Å². The maximum absolute atomic E-state index is 12.0. The van der Waals surface area contributed by atoms with Crippen LogP contribution in [-0.4, -0.2) is 72.0 Å². The number of likely N-dealkylation sites (N-methyl/N-ethyl adjacent to an activating group) is 1. The van der Waals surface area contributed by atoms with Gasteiger partial charge < -0.3 is 20.2 Å². The van der Waals surface area contributed by atoms with Gasteiger partial charge >= 0.3 is 11.8 Å². The van der Waals surface area contributed by atoms with E-state index < -0.39 is 11.8 Å². The van der Waals surface area contributed by atoms with Gasteiger partial charge in [-0.2, -0.15) is 0 Å². The van der Waals surface area contributed by atoms with Crippen molar-refractivity contribution in [1.29, 1.82) is 0 Å². The van der Waals surface area contributed by atoms with Crippen LogP contribution < -0.4 is 5.32 Å². The molecule has 0 unspecified atom stereocenters. The molecule has 0 spiro atoms. The van der Waals surface area contributed by atoms with Gasteiger partial charge in [-0.15, -0.1) is 0 Å². The number of carbonyl (C=O) groups is 3. The number of hydrogen-bond donors (Lipinski definition) is 2. The van der Waals surface area contributed by atoms with Crippen LogP contribution in [0.2, 0.25) is 0 Å².